The lowest BCUT2D eigenvalue weighted by Crippen LogP contribution is -2.65. The van der Waals surface area contributed by atoms with E-state index < -0.39 is 53.0 Å². The Morgan fingerprint density at radius 1 is 1.25 bits per heavy atom. The van der Waals surface area contributed by atoms with Crippen LogP contribution in [0.25, 0.3) is 0 Å². The van der Waals surface area contributed by atoms with Crippen LogP contribution in [0.15, 0.2) is 30.5 Å². The van der Waals surface area contributed by atoms with Crippen LogP contribution in [0.2, 0.25) is 0 Å². The zero-order valence-corrected chi connectivity index (χ0v) is 22.0. The summed E-state index contributed by atoms with van der Waals surface area (Å²) in [7, 11) is 1.05. The number of nitrogens with zero attached hydrogens (tertiary/aromatic N) is 2. The van der Waals surface area contributed by atoms with Crippen molar-refractivity contribution in [1.82, 2.24) is 15.2 Å². The van der Waals surface area contributed by atoms with Crippen LogP contribution in [0.1, 0.15) is 42.2 Å². The van der Waals surface area contributed by atoms with Crippen molar-refractivity contribution in [3.05, 3.63) is 53.4 Å². The molecule has 0 spiro atoms. The van der Waals surface area contributed by atoms with Gasteiger partial charge < -0.3 is 25.0 Å². The van der Waals surface area contributed by atoms with Crippen LogP contribution in [-0.2, 0) is 9.53 Å². The average molecular weight is 569 g/mol. The second-order valence-electron chi connectivity index (χ2n) is 10.6. The van der Waals surface area contributed by atoms with E-state index in [-0.39, 0.29) is 28.9 Å². The van der Waals surface area contributed by atoms with E-state index in [1.54, 1.807) is 4.90 Å². The molecule has 2 N–H and O–H groups in total. The molecule has 2 aromatic rings. The predicted octanol–water partition coefficient (Wildman–Crippen LogP) is 3.88. The molecule has 0 bridgehead atoms. The summed E-state index contributed by atoms with van der Waals surface area (Å²) in [6.07, 6.45) is -4.35. The second kappa shape index (κ2) is 10.3. The molecule has 5 rings (SSSR count). The van der Waals surface area contributed by atoms with Gasteiger partial charge in [0.05, 0.1) is 7.11 Å². The number of anilines is 1. The molecule has 3 aliphatic rings. The Bertz CT molecular complexity index is 1320. The van der Waals surface area contributed by atoms with Gasteiger partial charge >= 0.3 is 6.18 Å². The van der Waals surface area contributed by atoms with Gasteiger partial charge in [-0.3, -0.25) is 14.6 Å². The van der Waals surface area contributed by atoms with Gasteiger partial charge in [0, 0.05) is 48.4 Å². The molecule has 6 atom stereocenters. The maximum absolute atomic E-state index is 14.6. The molecule has 40 heavy (non-hydrogen) atoms. The van der Waals surface area contributed by atoms with Gasteiger partial charge in [0.25, 0.3) is 11.8 Å². The molecule has 3 aliphatic heterocycles. The number of fused-ring (bicyclic) bond motifs is 1. The van der Waals surface area contributed by atoms with Crippen molar-refractivity contribution < 1.29 is 41.0 Å². The van der Waals surface area contributed by atoms with Crippen molar-refractivity contribution >= 4 is 17.5 Å². The number of halogens is 5. The number of carbonyl (C=O) groups is 2. The van der Waals surface area contributed by atoms with Crippen molar-refractivity contribution in [2.75, 3.05) is 32.1 Å². The fraction of sp³-hybridized carbons (Fsp3) is 0.519. The van der Waals surface area contributed by atoms with Gasteiger partial charge in [0.1, 0.15) is 11.8 Å². The Labute approximate surface area is 227 Å². The quantitative estimate of drug-likeness (QED) is 0.532. The number of piperidine rings is 1. The van der Waals surface area contributed by atoms with E-state index in [9.17, 15) is 31.5 Å². The van der Waals surface area contributed by atoms with Gasteiger partial charge in [0.2, 0.25) is 5.82 Å². The van der Waals surface area contributed by atoms with Crippen LogP contribution in [0, 0.1) is 23.5 Å². The Morgan fingerprint density at radius 3 is 2.67 bits per heavy atom. The molecular weight excluding hydrogens is 539 g/mol. The fourth-order valence-corrected chi connectivity index (χ4v) is 5.98. The number of rotatable bonds is 5. The molecule has 0 unspecified atom stereocenters. The normalized spacial score (nSPS) is 29.9. The number of amides is 2. The van der Waals surface area contributed by atoms with Crippen LogP contribution in [-0.4, -0.2) is 72.4 Å². The van der Waals surface area contributed by atoms with Gasteiger partial charge in [-0.1, -0.05) is 13.0 Å². The number of pyridine rings is 1. The monoisotopic (exact) mass is 568 g/mol. The zero-order valence-electron chi connectivity index (χ0n) is 22.0. The van der Waals surface area contributed by atoms with E-state index in [1.807, 2.05) is 0 Å². The Hall–Kier alpha value is -3.32. The summed E-state index contributed by atoms with van der Waals surface area (Å²) in [5.74, 6) is -6.84. The number of carbonyl (C=O) groups excluding carboxylic acids is 2. The minimum Gasteiger partial charge on any atom is -0.493 e. The molecule has 3 saturated heterocycles. The minimum absolute atomic E-state index is 0.0570. The Morgan fingerprint density at radius 2 is 2.00 bits per heavy atom. The highest BCUT2D eigenvalue weighted by molar-refractivity contribution is 5.98. The molecule has 1 aromatic carbocycles. The third-order valence-electron chi connectivity index (χ3n) is 8.50. The van der Waals surface area contributed by atoms with E-state index in [2.05, 4.69) is 15.6 Å². The lowest BCUT2D eigenvalue weighted by molar-refractivity contribution is -0.272. The number of methoxy groups -OCH3 is 1. The van der Waals surface area contributed by atoms with E-state index in [0.717, 1.165) is 39.1 Å². The first kappa shape index (κ1) is 28.2. The van der Waals surface area contributed by atoms with Crippen molar-refractivity contribution in [3.63, 3.8) is 0 Å². The van der Waals surface area contributed by atoms with Crippen molar-refractivity contribution in [3.8, 4) is 5.75 Å². The number of nitrogens with one attached hydrogen (secondary N) is 2. The predicted molar refractivity (Wildman–Crippen MR) is 133 cm³/mol. The number of hydrogen-bond donors (Lipinski definition) is 2. The second-order valence-corrected chi connectivity index (χ2v) is 10.6. The Kier molecular flexibility index (Phi) is 7.24. The number of hydrogen-bond acceptors (Lipinski definition) is 6. The van der Waals surface area contributed by atoms with Crippen molar-refractivity contribution in [2.24, 2.45) is 11.8 Å². The van der Waals surface area contributed by atoms with Crippen molar-refractivity contribution in [1.29, 1.82) is 0 Å². The molecule has 216 valence electrons. The number of benzene rings is 1. The summed E-state index contributed by atoms with van der Waals surface area (Å²) < 4.78 is 81.4. The third-order valence-corrected chi connectivity index (χ3v) is 8.50. The largest absolute Gasteiger partial charge is 0.493 e. The fourth-order valence-electron chi connectivity index (χ4n) is 5.98. The third kappa shape index (κ3) is 4.58. The van der Waals surface area contributed by atoms with E-state index in [4.69, 9.17) is 9.47 Å². The van der Waals surface area contributed by atoms with Gasteiger partial charge in [0.15, 0.2) is 17.2 Å². The van der Waals surface area contributed by atoms with Gasteiger partial charge in [-0.2, -0.15) is 17.6 Å². The minimum atomic E-state index is -4.88. The van der Waals surface area contributed by atoms with E-state index >= 15 is 0 Å². The highest BCUT2D eigenvalue weighted by Crippen LogP contribution is 2.55. The number of aromatic nitrogens is 1. The van der Waals surface area contributed by atoms with Crippen molar-refractivity contribution in [2.45, 2.75) is 50.1 Å². The van der Waals surface area contributed by atoms with Crippen LogP contribution < -0.4 is 15.4 Å². The van der Waals surface area contributed by atoms with Crippen LogP contribution in [0.3, 0.4) is 0 Å². The standard InChI is InChI=1S/C27H29F5N4O4/c1-13-20(16-4-5-17(28)21(29)22(16)39-3)23(40-26(13,2)27(30,31)32)24(37)35-15-7-9-34-18(10-15)25(38)36-12-14-6-8-33-11-19(14)36/h4-5,7,9-10,13-14,19-20,23,33H,6,8,11-12H2,1-3H3,(H,34,35,37)/t13-,14+,19+,20-,23+,26+/m0/s1. The van der Waals surface area contributed by atoms with Gasteiger partial charge in [-0.05, 0) is 44.0 Å². The number of alkyl halides is 3. The first-order chi connectivity index (χ1) is 18.9. The summed E-state index contributed by atoms with van der Waals surface area (Å²) in [6.45, 7) is 4.22. The average Bonchev–Trinajstić information content (AvgIpc) is 3.18. The number of likely N-dealkylation sites (tertiary alicyclic amines) is 1. The molecule has 0 saturated carbocycles. The lowest BCUT2D eigenvalue weighted by atomic mass is 9.77. The molecule has 1 aromatic heterocycles. The molecule has 3 fully saturated rings. The molecule has 2 amide bonds. The van der Waals surface area contributed by atoms with Gasteiger partial charge in [-0.25, -0.2) is 4.39 Å². The summed E-state index contributed by atoms with van der Waals surface area (Å²) in [4.78, 5) is 32.3. The highest BCUT2D eigenvalue weighted by atomic mass is 19.4. The lowest BCUT2D eigenvalue weighted by Gasteiger charge is -2.50. The van der Waals surface area contributed by atoms with Crippen LogP contribution in [0.4, 0.5) is 27.6 Å². The zero-order chi connectivity index (χ0) is 29.0. The maximum atomic E-state index is 14.6. The van der Waals surface area contributed by atoms with Gasteiger partial charge in [-0.15, -0.1) is 0 Å². The highest BCUT2D eigenvalue weighted by Gasteiger charge is 2.66. The summed E-state index contributed by atoms with van der Waals surface area (Å²) >= 11 is 0. The topological polar surface area (TPSA) is 92.8 Å². The molecule has 8 nitrogen and oxygen atoms in total. The molecule has 13 heteroatoms. The molecule has 4 heterocycles. The Balaban J connectivity index is 1.43. The van der Waals surface area contributed by atoms with Crippen LogP contribution >= 0.6 is 0 Å². The maximum Gasteiger partial charge on any atom is 0.417 e. The SMILES string of the molecule is COc1c([C@H]2[C@H](C(=O)Nc3ccnc(C(=O)N4C[C@H]5CCNC[C@H]54)c3)O[C@@](C)(C(F)(F)F)[C@H]2C)ccc(F)c1F. The summed E-state index contributed by atoms with van der Waals surface area (Å²) in [6, 6.07) is 4.65. The molecule has 0 aliphatic carbocycles. The smallest absolute Gasteiger partial charge is 0.417 e. The first-order valence-corrected chi connectivity index (χ1v) is 12.9. The van der Waals surface area contributed by atoms with Crippen LogP contribution in [0.5, 0.6) is 5.75 Å². The number of ether oxygens (including phenoxy) is 2. The van der Waals surface area contributed by atoms with E-state index in [0.29, 0.717) is 19.0 Å². The summed E-state index contributed by atoms with van der Waals surface area (Å²) in [5.41, 5.74) is -2.73. The first-order valence-electron chi connectivity index (χ1n) is 12.9. The molecule has 0 radical (unpaired) electrons. The summed E-state index contributed by atoms with van der Waals surface area (Å²) in [5, 5.41) is 5.78. The van der Waals surface area contributed by atoms with E-state index in [1.165, 1.54) is 25.3 Å². The molecular formula is C27H29F5N4O4.